The fourth-order valence-electron chi connectivity index (χ4n) is 3.15. The Labute approximate surface area is 182 Å². The summed E-state index contributed by atoms with van der Waals surface area (Å²) in [5.74, 6) is 0.960. The second-order valence-corrected chi connectivity index (χ2v) is 7.32. The Hall–Kier alpha value is -3.32. The molecule has 0 aliphatic heterocycles. The molecule has 0 unspecified atom stereocenters. The van der Waals surface area contributed by atoms with Gasteiger partial charge in [0, 0.05) is 18.5 Å². The molecular formula is C23H18ClF3N4. The minimum absolute atomic E-state index is 0.122. The van der Waals surface area contributed by atoms with Crippen LogP contribution in [0.4, 0.5) is 24.9 Å². The molecule has 0 aliphatic carbocycles. The van der Waals surface area contributed by atoms with E-state index in [0.29, 0.717) is 23.9 Å². The number of hydrogen-bond acceptors (Lipinski definition) is 4. The standard InChI is InChI=1S/C23H18ClF3N4/c24-19-11-10-16(12-18(19)23(25,26)27)14-29-22-30-20-9-5-4-8-17(20)21(31-22)28-13-15-6-2-1-3-7-15/h1-12H,13-14H2,(H2,28,29,30,31). The maximum absolute atomic E-state index is 13.1. The summed E-state index contributed by atoms with van der Waals surface area (Å²) in [5.41, 5.74) is 1.38. The van der Waals surface area contributed by atoms with Gasteiger partial charge in [-0.25, -0.2) is 4.98 Å². The number of alkyl halides is 3. The van der Waals surface area contributed by atoms with Crippen LogP contribution in [0.15, 0.2) is 72.8 Å². The van der Waals surface area contributed by atoms with Crippen LogP contribution in [0, 0.1) is 0 Å². The van der Waals surface area contributed by atoms with Crippen molar-refractivity contribution in [2.24, 2.45) is 0 Å². The van der Waals surface area contributed by atoms with Gasteiger partial charge in [0.05, 0.1) is 16.1 Å². The van der Waals surface area contributed by atoms with Gasteiger partial charge in [0.15, 0.2) is 0 Å². The van der Waals surface area contributed by atoms with Crippen molar-refractivity contribution in [3.05, 3.63) is 94.5 Å². The van der Waals surface area contributed by atoms with Gasteiger partial charge in [-0.2, -0.15) is 18.2 Å². The van der Waals surface area contributed by atoms with Crippen molar-refractivity contribution in [1.29, 1.82) is 0 Å². The van der Waals surface area contributed by atoms with Crippen LogP contribution >= 0.6 is 11.6 Å². The number of nitrogens with one attached hydrogen (secondary N) is 2. The molecule has 0 saturated heterocycles. The number of fused-ring (bicyclic) bond motifs is 1. The second kappa shape index (κ2) is 8.81. The van der Waals surface area contributed by atoms with Gasteiger partial charge in [-0.15, -0.1) is 0 Å². The lowest BCUT2D eigenvalue weighted by molar-refractivity contribution is -0.137. The summed E-state index contributed by atoms with van der Waals surface area (Å²) in [6, 6.07) is 21.3. The van der Waals surface area contributed by atoms with Crippen LogP contribution in [0.25, 0.3) is 10.9 Å². The Morgan fingerprint density at radius 2 is 1.48 bits per heavy atom. The zero-order chi connectivity index (χ0) is 21.8. The minimum Gasteiger partial charge on any atom is -0.365 e. The quantitative estimate of drug-likeness (QED) is 0.356. The first-order valence-electron chi connectivity index (χ1n) is 9.54. The largest absolute Gasteiger partial charge is 0.417 e. The third-order valence-corrected chi connectivity index (χ3v) is 5.02. The van der Waals surface area contributed by atoms with Crippen molar-refractivity contribution in [3.8, 4) is 0 Å². The fraction of sp³-hybridized carbons (Fsp3) is 0.130. The van der Waals surface area contributed by atoms with Gasteiger partial charge < -0.3 is 10.6 Å². The van der Waals surface area contributed by atoms with E-state index in [1.165, 1.54) is 6.07 Å². The molecule has 0 saturated carbocycles. The van der Waals surface area contributed by atoms with Crippen molar-refractivity contribution in [2.45, 2.75) is 19.3 Å². The fourth-order valence-corrected chi connectivity index (χ4v) is 3.38. The van der Waals surface area contributed by atoms with E-state index < -0.39 is 11.7 Å². The summed E-state index contributed by atoms with van der Waals surface area (Å²) < 4.78 is 39.3. The van der Waals surface area contributed by atoms with Crippen molar-refractivity contribution in [1.82, 2.24) is 9.97 Å². The highest BCUT2D eigenvalue weighted by Gasteiger charge is 2.33. The van der Waals surface area contributed by atoms with Gasteiger partial charge in [0.1, 0.15) is 5.82 Å². The lowest BCUT2D eigenvalue weighted by Gasteiger charge is -2.13. The Balaban J connectivity index is 1.57. The van der Waals surface area contributed by atoms with E-state index in [2.05, 4.69) is 20.6 Å². The molecule has 0 radical (unpaired) electrons. The molecule has 31 heavy (non-hydrogen) atoms. The first kappa shape index (κ1) is 20.9. The molecule has 0 amide bonds. The monoisotopic (exact) mass is 442 g/mol. The molecule has 0 aliphatic rings. The van der Waals surface area contributed by atoms with Crippen molar-refractivity contribution >= 4 is 34.3 Å². The number of aromatic nitrogens is 2. The first-order valence-corrected chi connectivity index (χ1v) is 9.92. The Kier molecular flexibility index (Phi) is 5.95. The van der Waals surface area contributed by atoms with Crippen LogP contribution in [0.5, 0.6) is 0 Å². The molecule has 2 N–H and O–H groups in total. The topological polar surface area (TPSA) is 49.8 Å². The molecule has 0 spiro atoms. The predicted octanol–water partition coefficient (Wildman–Crippen LogP) is 6.53. The normalized spacial score (nSPS) is 11.5. The highest BCUT2D eigenvalue weighted by atomic mass is 35.5. The average Bonchev–Trinajstić information content (AvgIpc) is 2.77. The van der Waals surface area contributed by atoms with Crippen LogP contribution in [0.1, 0.15) is 16.7 Å². The predicted molar refractivity (Wildman–Crippen MR) is 117 cm³/mol. The van der Waals surface area contributed by atoms with E-state index in [4.69, 9.17) is 11.6 Å². The van der Waals surface area contributed by atoms with E-state index >= 15 is 0 Å². The van der Waals surface area contributed by atoms with E-state index in [1.54, 1.807) is 6.07 Å². The minimum atomic E-state index is -4.51. The zero-order valence-corrected chi connectivity index (χ0v) is 17.0. The molecular weight excluding hydrogens is 425 g/mol. The first-order chi connectivity index (χ1) is 14.9. The van der Waals surface area contributed by atoms with Crippen LogP contribution in [0.3, 0.4) is 0 Å². The van der Waals surface area contributed by atoms with Crippen LogP contribution in [-0.2, 0) is 19.3 Å². The molecule has 3 aromatic carbocycles. The van der Waals surface area contributed by atoms with Gasteiger partial charge in [0.25, 0.3) is 0 Å². The number of halogens is 4. The van der Waals surface area contributed by atoms with Crippen LogP contribution < -0.4 is 10.6 Å². The second-order valence-electron chi connectivity index (χ2n) is 6.92. The summed E-state index contributed by atoms with van der Waals surface area (Å²) in [5, 5.41) is 6.87. The summed E-state index contributed by atoms with van der Waals surface area (Å²) >= 11 is 5.70. The summed E-state index contributed by atoms with van der Waals surface area (Å²) in [6.07, 6.45) is -4.51. The molecule has 4 aromatic rings. The zero-order valence-electron chi connectivity index (χ0n) is 16.2. The smallest absolute Gasteiger partial charge is 0.365 e. The maximum atomic E-state index is 13.1. The van der Waals surface area contributed by atoms with Crippen LogP contribution in [0.2, 0.25) is 5.02 Å². The van der Waals surface area contributed by atoms with Gasteiger partial charge >= 0.3 is 6.18 Å². The van der Waals surface area contributed by atoms with Crippen LogP contribution in [-0.4, -0.2) is 9.97 Å². The Morgan fingerprint density at radius 1 is 0.774 bits per heavy atom. The Morgan fingerprint density at radius 3 is 2.26 bits per heavy atom. The van der Waals surface area contributed by atoms with Crippen molar-refractivity contribution in [3.63, 3.8) is 0 Å². The molecule has 0 fully saturated rings. The SMILES string of the molecule is FC(F)(F)c1cc(CNc2nc(NCc3ccccc3)c3ccccc3n2)ccc1Cl. The van der Waals surface area contributed by atoms with E-state index in [9.17, 15) is 13.2 Å². The van der Waals surface area contributed by atoms with E-state index in [1.807, 2.05) is 54.6 Å². The summed E-state index contributed by atoms with van der Waals surface area (Å²) in [6.45, 7) is 0.699. The molecule has 1 aromatic heterocycles. The molecule has 8 heteroatoms. The number of anilines is 2. The third-order valence-electron chi connectivity index (χ3n) is 4.69. The number of para-hydroxylation sites is 1. The lowest BCUT2D eigenvalue weighted by Crippen LogP contribution is -2.10. The van der Waals surface area contributed by atoms with Gasteiger partial charge in [-0.1, -0.05) is 60.1 Å². The number of nitrogens with zero attached hydrogens (tertiary/aromatic N) is 2. The lowest BCUT2D eigenvalue weighted by atomic mass is 10.1. The summed E-state index contributed by atoms with van der Waals surface area (Å²) in [7, 11) is 0. The molecule has 0 bridgehead atoms. The highest BCUT2D eigenvalue weighted by Crippen LogP contribution is 2.35. The van der Waals surface area contributed by atoms with Crippen molar-refractivity contribution in [2.75, 3.05) is 10.6 Å². The number of benzene rings is 3. The van der Waals surface area contributed by atoms with E-state index in [0.717, 1.165) is 22.5 Å². The number of hydrogen-bond donors (Lipinski definition) is 2. The molecule has 158 valence electrons. The van der Waals surface area contributed by atoms with Crippen molar-refractivity contribution < 1.29 is 13.2 Å². The third kappa shape index (κ3) is 5.06. The average molecular weight is 443 g/mol. The number of rotatable bonds is 6. The summed E-state index contributed by atoms with van der Waals surface area (Å²) in [4.78, 5) is 9.02. The maximum Gasteiger partial charge on any atom is 0.417 e. The molecule has 4 nitrogen and oxygen atoms in total. The Bertz CT molecular complexity index is 1200. The molecule has 1 heterocycles. The highest BCUT2D eigenvalue weighted by molar-refractivity contribution is 6.31. The van der Waals surface area contributed by atoms with E-state index in [-0.39, 0.29) is 11.6 Å². The van der Waals surface area contributed by atoms with Gasteiger partial charge in [0.2, 0.25) is 5.95 Å². The molecule has 0 atom stereocenters. The van der Waals surface area contributed by atoms with Gasteiger partial charge in [-0.3, -0.25) is 0 Å². The molecule has 4 rings (SSSR count). The van der Waals surface area contributed by atoms with Gasteiger partial charge in [-0.05, 0) is 35.4 Å².